The van der Waals surface area contributed by atoms with Crippen LogP contribution in [-0.4, -0.2) is 23.9 Å². The van der Waals surface area contributed by atoms with Gasteiger partial charge in [-0.05, 0) is 44.9 Å². The van der Waals surface area contributed by atoms with E-state index in [9.17, 15) is 0 Å². The number of nitrogens with zero attached hydrogens (tertiary/aromatic N) is 1. The van der Waals surface area contributed by atoms with Crippen LogP contribution in [0.1, 0.15) is 12.5 Å². The molecule has 0 N–H and O–H groups in total. The van der Waals surface area contributed by atoms with Crippen molar-refractivity contribution >= 4 is 61.4 Å². The van der Waals surface area contributed by atoms with Gasteiger partial charge in [-0.2, -0.15) is 0 Å². The van der Waals surface area contributed by atoms with Gasteiger partial charge in [0.2, 0.25) is 0 Å². The Morgan fingerprint density at radius 1 is 1.39 bits per heavy atom. The number of benzene rings is 1. The summed E-state index contributed by atoms with van der Waals surface area (Å²) in [7, 11) is 0. The minimum Gasteiger partial charge on any atom is -0.298 e. The lowest BCUT2D eigenvalue weighted by atomic mass is 10.1. The standard InChI is InChI=1S/C13H15BrClNS.ClH/c1-2-16(7-6-15)8-10-9-17-13-11(10)4-3-5-12(13)14;/h3-5,9H,2,6-8H2,1H3;1H. The molecule has 2 aromatic rings. The molecule has 0 aliphatic rings. The van der Waals surface area contributed by atoms with Crippen LogP contribution in [0, 0.1) is 0 Å². The van der Waals surface area contributed by atoms with Gasteiger partial charge < -0.3 is 0 Å². The smallest absolute Gasteiger partial charge is 0.0488 e. The van der Waals surface area contributed by atoms with Crippen LogP contribution in [0.2, 0.25) is 0 Å². The number of halogens is 3. The lowest BCUT2D eigenvalue weighted by Crippen LogP contribution is -2.24. The SMILES string of the molecule is CCN(CCCl)Cc1csc2c(Br)cccc12.Cl. The van der Waals surface area contributed by atoms with Crippen LogP contribution in [0.5, 0.6) is 0 Å². The fourth-order valence-electron chi connectivity index (χ4n) is 1.91. The fraction of sp³-hybridized carbons (Fsp3) is 0.385. The molecule has 5 heteroatoms. The summed E-state index contributed by atoms with van der Waals surface area (Å²) in [5.41, 5.74) is 1.40. The minimum absolute atomic E-state index is 0. The molecule has 0 spiro atoms. The Morgan fingerprint density at radius 3 is 2.83 bits per heavy atom. The molecule has 0 amide bonds. The molecule has 1 heterocycles. The van der Waals surface area contributed by atoms with Crippen molar-refractivity contribution in [2.24, 2.45) is 0 Å². The fourth-order valence-corrected chi connectivity index (χ4v) is 3.76. The third kappa shape index (κ3) is 3.61. The average molecular weight is 369 g/mol. The summed E-state index contributed by atoms with van der Waals surface area (Å²) in [6.07, 6.45) is 0. The van der Waals surface area contributed by atoms with Gasteiger partial charge in [0.1, 0.15) is 0 Å². The third-order valence-electron chi connectivity index (χ3n) is 2.87. The van der Waals surface area contributed by atoms with Crippen molar-refractivity contribution in [3.8, 4) is 0 Å². The van der Waals surface area contributed by atoms with Gasteiger partial charge in [0, 0.05) is 28.1 Å². The van der Waals surface area contributed by atoms with Gasteiger partial charge in [-0.25, -0.2) is 0 Å². The highest BCUT2D eigenvalue weighted by atomic mass is 79.9. The van der Waals surface area contributed by atoms with Crippen LogP contribution >= 0.6 is 51.3 Å². The monoisotopic (exact) mass is 367 g/mol. The van der Waals surface area contributed by atoms with Gasteiger partial charge in [-0.3, -0.25) is 4.90 Å². The van der Waals surface area contributed by atoms with Crippen molar-refractivity contribution in [2.75, 3.05) is 19.0 Å². The molecule has 100 valence electrons. The van der Waals surface area contributed by atoms with Gasteiger partial charge in [0.05, 0.1) is 0 Å². The van der Waals surface area contributed by atoms with E-state index in [1.165, 1.54) is 20.1 Å². The maximum atomic E-state index is 5.81. The Hall–Kier alpha value is 0.200. The van der Waals surface area contributed by atoms with E-state index in [4.69, 9.17) is 11.6 Å². The molecule has 0 fully saturated rings. The van der Waals surface area contributed by atoms with Gasteiger partial charge in [-0.1, -0.05) is 19.1 Å². The molecule has 0 atom stereocenters. The van der Waals surface area contributed by atoms with E-state index in [2.05, 4.69) is 51.3 Å². The van der Waals surface area contributed by atoms with E-state index in [1.807, 2.05) is 0 Å². The molecule has 2 rings (SSSR count). The molecular weight excluding hydrogens is 353 g/mol. The highest BCUT2D eigenvalue weighted by Gasteiger charge is 2.09. The van der Waals surface area contributed by atoms with Gasteiger partial charge in [0.25, 0.3) is 0 Å². The molecular formula is C13H16BrCl2NS. The molecule has 0 aliphatic carbocycles. The van der Waals surface area contributed by atoms with Gasteiger partial charge in [-0.15, -0.1) is 35.3 Å². The summed E-state index contributed by atoms with van der Waals surface area (Å²) in [5, 5.41) is 3.61. The first-order valence-corrected chi connectivity index (χ1v) is 7.90. The van der Waals surface area contributed by atoms with Crippen LogP contribution in [0.4, 0.5) is 0 Å². The predicted octanol–water partition coefficient (Wildman–Crippen LogP) is 5.15. The van der Waals surface area contributed by atoms with E-state index in [0.29, 0.717) is 5.88 Å². The average Bonchev–Trinajstić information content (AvgIpc) is 2.73. The second kappa shape index (κ2) is 7.71. The van der Waals surface area contributed by atoms with Gasteiger partial charge in [0.15, 0.2) is 0 Å². The molecule has 18 heavy (non-hydrogen) atoms. The second-order valence-electron chi connectivity index (χ2n) is 3.94. The van der Waals surface area contributed by atoms with E-state index in [-0.39, 0.29) is 12.4 Å². The summed E-state index contributed by atoms with van der Waals surface area (Å²) >= 11 is 11.2. The lowest BCUT2D eigenvalue weighted by molar-refractivity contribution is 0.299. The molecule has 0 aliphatic heterocycles. The predicted molar refractivity (Wildman–Crippen MR) is 88.4 cm³/mol. The Bertz CT molecular complexity index is 501. The summed E-state index contributed by atoms with van der Waals surface area (Å²) in [4.78, 5) is 2.37. The van der Waals surface area contributed by atoms with Crippen LogP contribution < -0.4 is 0 Å². The summed E-state index contributed by atoms with van der Waals surface area (Å²) in [6.45, 7) is 5.15. The Labute approximate surface area is 132 Å². The molecule has 0 unspecified atom stereocenters. The van der Waals surface area contributed by atoms with Crippen molar-refractivity contribution in [2.45, 2.75) is 13.5 Å². The van der Waals surface area contributed by atoms with Crippen LogP contribution in [-0.2, 0) is 6.54 Å². The summed E-state index contributed by atoms with van der Waals surface area (Å²) in [6, 6.07) is 6.39. The zero-order chi connectivity index (χ0) is 12.3. The van der Waals surface area contributed by atoms with Crippen molar-refractivity contribution in [3.63, 3.8) is 0 Å². The molecule has 0 saturated heterocycles. The first-order valence-electron chi connectivity index (χ1n) is 5.69. The van der Waals surface area contributed by atoms with E-state index >= 15 is 0 Å². The normalized spacial score (nSPS) is 10.9. The summed E-state index contributed by atoms with van der Waals surface area (Å²) < 4.78 is 2.52. The number of fused-ring (bicyclic) bond motifs is 1. The minimum atomic E-state index is 0. The molecule has 0 bridgehead atoms. The second-order valence-corrected chi connectivity index (χ2v) is 6.05. The molecule has 0 saturated carbocycles. The zero-order valence-corrected chi connectivity index (χ0v) is 14.1. The number of hydrogen-bond donors (Lipinski definition) is 0. The first kappa shape index (κ1) is 16.3. The maximum Gasteiger partial charge on any atom is 0.0488 e. The van der Waals surface area contributed by atoms with Crippen molar-refractivity contribution < 1.29 is 0 Å². The zero-order valence-electron chi connectivity index (χ0n) is 10.2. The Kier molecular flexibility index (Phi) is 6.96. The lowest BCUT2D eigenvalue weighted by Gasteiger charge is -2.18. The number of rotatable bonds is 5. The Morgan fingerprint density at radius 2 is 2.17 bits per heavy atom. The quantitative estimate of drug-likeness (QED) is 0.660. The summed E-state index contributed by atoms with van der Waals surface area (Å²) in [5.74, 6) is 0.694. The Balaban J connectivity index is 0.00000162. The van der Waals surface area contributed by atoms with Crippen LogP contribution in [0.25, 0.3) is 10.1 Å². The first-order chi connectivity index (χ1) is 8.26. The van der Waals surface area contributed by atoms with E-state index in [1.54, 1.807) is 11.3 Å². The largest absolute Gasteiger partial charge is 0.298 e. The van der Waals surface area contributed by atoms with Crippen LogP contribution in [0.3, 0.4) is 0 Å². The third-order valence-corrected chi connectivity index (χ3v) is 5.04. The topological polar surface area (TPSA) is 3.24 Å². The molecule has 1 aromatic heterocycles. The number of thiophene rings is 1. The van der Waals surface area contributed by atoms with Crippen molar-refractivity contribution in [3.05, 3.63) is 33.6 Å². The maximum absolute atomic E-state index is 5.81. The van der Waals surface area contributed by atoms with Crippen molar-refractivity contribution in [1.82, 2.24) is 4.90 Å². The van der Waals surface area contributed by atoms with E-state index in [0.717, 1.165) is 19.6 Å². The molecule has 1 nitrogen and oxygen atoms in total. The highest BCUT2D eigenvalue weighted by Crippen LogP contribution is 2.32. The van der Waals surface area contributed by atoms with E-state index < -0.39 is 0 Å². The van der Waals surface area contributed by atoms with Crippen LogP contribution in [0.15, 0.2) is 28.1 Å². The highest BCUT2D eigenvalue weighted by molar-refractivity contribution is 9.10. The molecule has 0 radical (unpaired) electrons. The van der Waals surface area contributed by atoms with Crippen molar-refractivity contribution in [1.29, 1.82) is 0 Å². The number of alkyl halides is 1. The molecule has 1 aromatic carbocycles. The van der Waals surface area contributed by atoms with Gasteiger partial charge >= 0.3 is 0 Å². The number of hydrogen-bond acceptors (Lipinski definition) is 2.